The number of nitrogen functional groups attached to an aromatic ring is 3. The highest BCUT2D eigenvalue weighted by molar-refractivity contribution is 5.82. The topological polar surface area (TPSA) is 359 Å². The van der Waals surface area contributed by atoms with Gasteiger partial charge in [-0.1, -0.05) is 54.6 Å². The molecule has 0 radical (unpaired) electrons. The quantitative estimate of drug-likeness (QED) is 0.0532. The summed E-state index contributed by atoms with van der Waals surface area (Å²) < 4.78 is 144. The Morgan fingerprint density at radius 2 is 0.711 bits per heavy atom. The van der Waals surface area contributed by atoms with Gasteiger partial charge in [-0.3, -0.25) is 42.8 Å². The molecule has 27 nitrogen and oxygen atoms in total. The molecule has 6 aromatic rings. The molecule has 0 aliphatic carbocycles. The summed E-state index contributed by atoms with van der Waals surface area (Å²) in [5.74, 6) is -7.42. The molecule has 11 N–H and O–H groups in total. The Kier molecular flexibility index (Phi) is 26.6. The van der Waals surface area contributed by atoms with Gasteiger partial charge < -0.3 is 67.3 Å². The summed E-state index contributed by atoms with van der Waals surface area (Å²) in [5.41, 5.74) is 16.9. The highest BCUT2D eigenvalue weighted by atomic mass is 19.4. The molecule has 3 aromatic carbocycles. The average Bonchev–Trinajstić information content (AvgIpc) is 1.69. The normalized spacial score (nSPS) is 12.9. The van der Waals surface area contributed by atoms with Crippen LogP contribution in [0.4, 0.5) is 61.4 Å². The number of carbonyl (C=O) groups is 5. The van der Waals surface area contributed by atoms with Gasteiger partial charge in [0.2, 0.25) is 0 Å². The Bertz CT molecular complexity index is 3230. The monoisotopic (exact) mass is 1290 g/mol. The number of hydrogen-bond acceptors (Lipinski definition) is 16. The van der Waals surface area contributed by atoms with E-state index in [0.29, 0.717) is 17.1 Å². The van der Waals surface area contributed by atoms with Crippen molar-refractivity contribution in [3.05, 3.63) is 139 Å². The first-order chi connectivity index (χ1) is 41.8. The van der Waals surface area contributed by atoms with E-state index < -0.39 is 115 Å². The summed E-state index contributed by atoms with van der Waals surface area (Å²) >= 11 is 0. The maximum Gasteiger partial charge on any atom is 0.471 e. The smallest absolute Gasteiger partial charge is 0.471 e. The first kappa shape index (κ1) is 74.7. The second kappa shape index (κ2) is 32.1. The SMILES string of the molecule is COC(CNC(=O)C(F)(F)F)c1c(N)c(=O)n(-c2ccccc2)n1C.COC(CNC(=O)OC(C)(C)C)C(=O)O.CO[C@@H](CNC(=O)C(F)(F)F)c1c(N)c(=O)n(-c2ccccc2)n1C.CO[C@@H](CNC(=O)C(F)(F)F)c1c(N)c(=O)n(-c2ccccc2)n1C. The number of alkyl carbamates (subject to hydrolysis) is 1. The number of amides is 4. The van der Waals surface area contributed by atoms with Crippen LogP contribution in [0.15, 0.2) is 105 Å². The van der Waals surface area contributed by atoms with Crippen molar-refractivity contribution in [2.45, 2.75) is 69.3 Å². The van der Waals surface area contributed by atoms with Crippen LogP contribution in [0.2, 0.25) is 0 Å². The van der Waals surface area contributed by atoms with Crippen molar-refractivity contribution in [1.82, 2.24) is 49.4 Å². The van der Waals surface area contributed by atoms with E-state index in [4.69, 9.17) is 41.3 Å². The molecule has 36 heteroatoms. The third kappa shape index (κ3) is 20.0. The first-order valence-corrected chi connectivity index (χ1v) is 26.0. The number of carboxylic acids is 1. The number of methoxy groups -OCH3 is 4. The summed E-state index contributed by atoms with van der Waals surface area (Å²) in [6.07, 6.45) is -19.8. The van der Waals surface area contributed by atoms with Gasteiger partial charge >= 0.3 is 48.3 Å². The van der Waals surface area contributed by atoms with Crippen LogP contribution < -0.4 is 55.1 Å². The molecule has 3 heterocycles. The fourth-order valence-corrected chi connectivity index (χ4v) is 8.14. The van der Waals surface area contributed by atoms with Crippen molar-refractivity contribution in [2.75, 3.05) is 71.8 Å². The number of anilines is 3. The van der Waals surface area contributed by atoms with E-state index in [1.54, 1.807) is 128 Å². The number of aliphatic carboxylic acids is 1. The molecule has 4 amide bonds. The third-order valence-electron chi connectivity index (χ3n) is 12.3. The lowest BCUT2D eigenvalue weighted by atomic mass is 10.2. The number of carboxylic acid groups (broad SMARTS) is 1. The number of nitrogens with zero attached hydrogens (tertiary/aromatic N) is 6. The Hall–Kier alpha value is -9.55. The van der Waals surface area contributed by atoms with Gasteiger partial charge in [0, 0.05) is 69.2 Å². The zero-order valence-electron chi connectivity index (χ0n) is 49.9. The molecule has 0 aliphatic rings. The molecule has 6 rings (SSSR count). The van der Waals surface area contributed by atoms with Crippen LogP contribution in [-0.2, 0) is 64.0 Å². The van der Waals surface area contributed by atoms with Crippen LogP contribution >= 0.6 is 0 Å². The third-order valence-corrected chi connectivity index (χ3v) is 12.3. The second-order valence-corrected chi connectivity index (χ2v) is 19.6. The number of aromatic nitrogens is 6. The Morgan fingerprint density at radius 1 is 0.456 bits per heavy atom. The number of nitrogens with one attached hydrogen (secondary N) is 4. The highest BCUT2D eigenvalue weighted by Gasteiger charge is 2.41. The minimum absolute atomic E-state index is 0.124. The molecule has 3 aromatic heterocycles. The van der Waals surface area contributed by atoms with Crippen molar-refractivity contribution in [3.63, 3.8) is 0 Å². The molecular formula is C54H68F9N13O14. The molecule has 0 spiro atoms. The second-order valence-electron chi connectivity index (χ2n) is 19.6. The molecule has 496 valence electrons. The number of ether oxygens (including phenoxy) is 5. The molecule has 0 saturated heterocycles. The van der Waals surface area contributed by atoms with Gasteiger partial charge in [0.15, 0.2) is 6.10 Å². The first-order valence-electron chi connectivity index (χ1n) is 26.0. The average molecular weight is 1290 g/mol. The number of para-hydroxylation sites is 3. The van der Waals surface area contributed by atoms with Gasteiger partial charge in [-0.05, 0) is 57.2 Å². The zero-order chi connectivity index (χ0) is 68.4. The number of nitrogens with two attached hydrogens (primary N) is 3. The van der Waals surface area contributed by atoms with Gasteiger partial charge in [0.05, 0.1) is 40.7 Å². The van der Waals surface area contributed by atoms with Crippen LogP contribution in [-0.4, -0.2) is 148 Å². The van der Waals surface area contributed by atoms with E-state index in [1.807, 2.05) is 0 Å². The van der Waals surface area contributed by atoms with E-state index in [0.717, 1.165) is 0 Å². The fourth-order valence-electron chi connectivity index (χ4n) is 8.14. The lowest BCUT2D eigenvalue weighted by molar-refractivity contribution is -0.174. The number of rotatable bonds is 19. The number of alkyl halides is 9. The van der Waals surface area contributed by atoms with E-state index >= 15 is 0 Å². The summed E-state index contributed by atoms with van der Waals surface area (Å²) in [4.78, 5) is 91.8. The maximum atomic E-state index is 12.4. The Labute approximate surface area is 505 Å². The van der Waals surface area contributed by atoms with E-state index in [2.05, 4.69) is 10.1 Å². The van der Waals surface area contributed by atoms with Crippen LogP contribution in [0.5, 0.6) is 0 Å². The summed E-state index contributed by atoms with van der Waals surface area (Å²) in [6, 6.07) is 25.7. The molecule has 90 heavy (non-hydrogen) atoms. The van der Waals surface area contributed by atoms with E-state index in [-0.39, 0.29) is 40.7 Å². The van der Waals surface area contributed by atoms with Gasteiger partial charge in [-0.25, -0.2) is 23.6 Å². The molecule has 0 saturated carbocycles. The van der Waals surface area contributed by atoms with Crippen LogP contribution in [0.25, 0.3) is 17.1 Å². The van der Waals surface area contributed by atoms with Crippen LogP contribution in [0.1, 0.15) is 56.2 Å². The summed E-state index contributed by atoms with van der Waals surface area (Å²) in [5, 5.41) is 16.1. The van der Waals surface area contributed by atoms with Crippen molar-refractivity contribution >= 4 is 46.8 Å². The zero-order valence-corrected chi connectivity index (χ0v) is 49.9. The molecule has 0 fully saturated rings. The minimum atomic E-state index is -5.01. The predicted octanol–water partition coefficient (Wildman–Crippen LogP) is 3.98. The lowest BCUT2D eigenvalue weighted by Gasteiger charge is -2.20. The summed E-state index contributed by atoms with van der Waals surface area (Å²) in [6.45, 7) is 3.55. The van der Waals surface area contributed by atoms with Gasteiger partial charge in [0.1, 0.15) is 41.0 Å². The lowest BCUT2D eigenvalue weighted by Crippen LogP contribution is -2.40. The Morgan fingerprint density at radius 3 is 0.911 bits per heavy atom. The number of hydrogen-bond donors (Lipinski definition) is 8. The maximum absolute atomic E-state index is 12.4. The van der Waals surface area contributed by atoms with E-state index in [9.17, 15) is 77.9 Å². The van der Waals surface area contributed by atoms with Crippen molar-refractivity contribution in [3.8, 4) is 17.1 Å². The standard InChI is InChI=1S/3C15H17F3N4O3.C9H17NO5/c3*1-21-12(10(25-2)8-20-14(24)15(16,17)18)11(19)13(23)22(21)9-6-4-3-5-7-9;1-9(2,3)15-8(13)10-5-6(14-4)7(11)12/h3*3-7,10H,8,19H2,1-2H3,(H,20,24);6H,5H2,1-4H3,(H,10,13)(H,11,12)/t2*10-;;/m00../s1. The Balaban J connectivity index is 0.000000319. The highest BCUT2D eigenvalue weighted by Crippen LogP contribution is 2.26. The largest absolute Gasteiger partial charge is 0.479 e. The van der Waals surface area contributed by atoms with Crippen LogP contribution in [0.3, 0.4) is 0 Å². The van der Waals surface area contributed by atoms with Crippen molar-refractivity contribution in [1.29, 1.82) is 0 Å². The van der Waals surface area contributed by atoms with Crippen LogP contribution in [0, 0.1) is 0 Å². The van der Waals surface area contributed by atoms with E-state index in [1.165, 1.54) is 77.7 Å². The molecule has 0 aliphatic heterocycles. The number of benzene rings is 3. The van der Waals surface area contributed by atoms with Gasteiger partial charge in [0.25, 0.3) is 16.7 Å². The molecule has 2 unspecified atom stereocenters. The van der Waals surface area contributed by atoms with Gasteiger partial charge in [-0.15, -0.1) is 0 Å². The van der Waals surface area contributed by atoms with Gasteiger partial charge in [-0.2, -0.15) is 39.5 Å². The number of carbonyl (C=O) groups excluding carboxylic acids is 4. The summed E-state index contributed by atoms with van der Waals surface area (Å²) in [7, 11) is 9.57. The number of halogens is 9. The fraction of sp³-hybridized carbons (Fsp3) is 0.407. The minimum Gasteiger partial charge on any atom is -0.479 e. The molecule has 0 bridgehead atoms. The predicted molar refractivity (Wildman–Crippen MR) is 305 cm³/mol. The van der Waals surface area contributed by atoms with Crippen molar-refractivity contribution < 1.29 is 92.3 Å². The molecular weight excluding hydrogens is 1230 g/mol. The van der Waals surface area contributed by atoms with Crippen molar-refractivity contribution in [2.24, 2.45) is 21.1 Å². The molecule has 4 atom stereocenters.